The van der Waals surface area contributed by atoms with Crippen molar-refractivity contribution in [2.75, 3.05) is 13.1 Å². The lowest BCUT2D eigenvalue weighted by Crippen LogP contribution is -2.40. The van der Waals surface area contributed by atoms with Crippen molar-refractivity contribution in [3.63, 3.8) is 0 Å². The fourth-order valence-electron chi connectivity index (χ4n) is 2.78. The van der Waals surface area contributed by atoms with Crippen molar-refractivity contribution in [3.05, 3.63) is 29.8 Å². The van der Waals surface area contributed by atoms with Crippen molar-refractivity contribution in [2.45, 2.75) is 38.1 Å². The molecule has 1 aliphatic carbocycles. The number of ether oxygens (including phenoxy) is 1. The van der Waals surface area contributed by atoms with E-state index in [4.69, 9.17) is 0 Å². The van der Waals surface area contributed by atoms with E-state index >= 15 is 0 Å². The lowest BCUT2D eigenvalue weighted by Gasteiger charge is -2.14. The molecule has 1 fully saturated rings. The van der Waals surface area contributed by atoms with E-state index in [2.05, 4.69) is 15.4 Å². The van der Waals surface area contributed by atoms with Crippen LogP contribution < -0.4 is 15.4 Å². The number of carbonyl (C=O) groups is 2. The van der Waals surface area contributed by atoms with Crippen LogP contribution in [0.4, 0.5) is 13.2 Å². The van der Waals surface area contributed by atoms with Gasteiger partial charge in [-0.2, -0.15) is 0 Å². The molecule has 0 bridgehead atoms. The van der Waals surface area contributed by atoms with Gasteiger partial charge in [0.2, 0.25) is 11.8 Å². The number of benzene rings is 1. The molecule has 0 aromatic heterocycles. The van der Waals surface area contributed by atoms with Gasteiger partial charge in [-0.15, -0.1) is 13.2 Å². The lowest BCUT2D eigenvalue weighted by atomic mass is 10.1. The molecule has 0 aliphatic heterocycles. The lowest BCUT2D eigenvalue weighted by molar-refractivity contribution is -0.274. The van der Waals surface area contributed by atoms with Crippen LogP contribution >= 0.6 is 0 Å². The summed E-state index contributed by atoms with van der Waals surface area (Å²) in [6, 6.07) is 4.71. The van der Waals surface area contributed by atoms with Gasteiger partial charge in [0.05, 0.1) is 12.6 Å². The highest BCUT2D eigenvalue weighted by Crippen LogP contribution is 2.25. The van der Waals surface area contributed by atoms with Crippen LogP contribution in [-0.4, -0.2) is 36.4 Å². The second-order valence-electron chi connectivity index (χ2n) is 6.14. The monoisotopic (exact) mass is 374 g/mol. The van der Waals surface area contributed by atoms with Gasteiger partial charge in [-0.05, 0) is 30.5 Å². The molecule has 0 saturated heterocycles. The summed E-state index contributed by atoms with van der Waals surface area (Å²) in [6.45, 7) is -0.308. The fraction of sp³-hybridized carbons (Fsp3) is 0.529. The summed E-state index contributed by atoms with van der Waals surface area (Å²) in [6.07, 6.45) is -2.17. The molecule has 1 atom stereocenters. The number of alkyl halides is 3. The maximum Gasteiger partial charge on any atom is 0.573 e. The van der Waals surface area contributed by atoms with Crippen LogP contribution in [-0.2, 0) is 9.59 Å². The van der Waals surface area contributed by atoms with Crippen molar-refractivity contribution in [1.29, 1.82) is 0 Å². The number of amides is 2. The Labute approximate surface area is 148 Å². The summed E-state index contributed by atoms with van der Waals surface area (Å²) >= 11 is 0. The Balaban J connectivity index is 1.72. The molecule has 6 nitrogen and oxygen atoms in total. The first-order chi connectivity index (χ1) is 12.2. The largest absolute Gasteiger partial charge is 0.573 e. The molecule has 1 saturated carbocycles. The van der Waals surface area contributed by atoms with E-state index in [1.807, 2.05) is 0 Å². The molecule has 1 aliphatic rings. The smallest absolute Gasteiger partial charge is 0.406 e. The van der Waals surface area contributed by atoms with Crippen LogP contribution in [0.1, 0.15) is 37.4 Å². The number of hydrogen-bond acceptors (Lipinski definition) is 4. The van der Waals surface area contributed by atoms with Crippen molar-refractivity contribution in [1.82, 2.24) is 10.6 Å². The Bertz CT molecular complexity index is 613. The summed E-state index contributed by atoms with van der Waals surface area (Å²) in [5.74, 6) is -1.02. The first kappa shape index (κ1) is 20.0. The highest BCUT2D eigenvalue weighted by atomic mass is 19.4. The molecule has 1 aromatic rings. The van der Waals surface area contributed by atoms with Crippen LogP contribution in [0, 0.1) is 5.92 Å². The SMILES string of the molecule is O=C(CNC(=O)C1CCCC1)NCC(O)c1ccc(OC(F)(F)F)cc1. The summed E-state index contributed by atoms with van der Waals surface area (Å²) in [7, 11) is 0. The summed E-state index contributed by atoms with van der Waals surface area (Å²) in [5, 5.41) is 15.0. The topological polar surface area (TPSA) is 87.7 Å². The van der Waals surface area contributed by atoms with Gasteiger partial charge in [-0.3, -0.25) is 9.59 Å². The van der Waals surface area contributed by atoms with E-state index in [-0.39, 0.29) is 24.9 Å². The molecule has 1 aromatic carbocycles. The molecule has 2 amide bonds. The molecule has 26 heavy (non-hydrogen) atoms. The number of halogens is 3. The normalized spacial score (nSPS) is 16.2. The number of aliphatic hydroxyl groups excluding tert-OH is 1. The number of nitrogens with one attached hydrogen (secondary N) is 2. The van der Waals surface area contributed by atoms with Gasteiger partial charge in [0, 0.05) is 12.5 Å². The summed E-state index contributed by atoms with van der Waals surface area (Å²) in [4.78, 5) is 23.5. The van der Waals surface area contributed by atoms with Crippen LogP contribution in [0.2, 0.25) is 0 Å². The zero-order valence-corrected chi connectivity index (χ0v) is 14.0. The van der Waals surface area contributed by atoms with Crippen molar-refractivity contribution in [3.8, 4) is 5.75 Å². The minimum atomic E-state index is -4.78. The molecule has 0 heterocycles. The quantitative estimate of drug-likeness (QED) is 0.682. The average Bonchev–Trinajstić information content (AvgIpc) is 3.11. The molecule has 144 valence electrons. The van der Waals surface area contributed by atoms with E-state index in [9.17, 15) is 27.9 Å². The maximum atomic E-state index is 12.1. The molecule has 9 heteroatoms. The molecular weight excluding hydrogens is 353 g/mol. The first-order valence-electron chi connectivity index (χ1n) is 8.33. The fourth-order valence-corrected chi connectivity index (χ4v) is 2.78. The predicted molar refractivity (Wildman–Crippen MR) is 86.1 cm³/mol. The van der Waals surface area contributed by atoms with Crippen LogP contribution in [0.25, 0.3) is 0 Å². The number of rotatable bonds is 7. The van der Waals surface area contributed by atoms with Gasteiger partial charge >= 0.3 is 6.36 Å². The van der Waals surface area contributed by atoms with E-state index in [1.54, 1.807) is 0 Å². The molecule has 1 unspecified atom stereocenters. The Hall–Kier alpha value is -2.29. The third-order valence-electron chi connectivity index (χ3n) is 4.14. The number of aliphatic hydroxyl groups is 1. The standard InChI is InChI=1S/C17H21F3N2O4/c18-17(19,20)26-13-7-5-11(6-8-13)14(23)9-21-15(24)10-22-16(25)12-3-1-2-4-12/h5-8,12,14,23H,1-4,9-10H2,(H,21,24)(H,22,25). The van der Waals surface area contributed by atoms with Gasteiger partial charge in [0.15, 0.2) is 0 Å². The number of carbonyl (C=O) groups excluding carboxylic acids is 2. The van der Waals surface area contributed by atoms with E-state index in [0.29, 0.717) is 5.56 Å². The van der Waals surface area contributed by atoms with Gasteiger partial charge in [-0.1, -0.05) is 25.0 Å². The zero-order chi connectivity index (χ0) is 19.2. The zero-order valence-electron chi connectivity index (χ0n) is 14.0. The van der Waals surface area contributed by atoms with Gasteiger partial charge in [0.25, 0.3) is 0 Å². The molecule has 0 radical (unpaired) electrons. The third-order valence-corrected chi connectivity index (χ3v) is 4.14. The Morgan fingerprint density at radius 2 is 1.77 bits per heavy atom. The highest BCUT2D eigenvalue weighted by molar-refractivity contribution is 5.85. The maximum absolute atomic E-state index is 12.1. The van der Waals surface area contributed by atoms with E-state index in [0.717, 1.165) is 37.8 Å². The molecule has 0 spiro atoms. The minimum absolute atomic E-state index is 0.0363. The van der Waals surface area contributed by atoms with Crippen molar-refractivity contribution < 1.29 is 32.6 Å². The van der Waals surface area contributed by atoms with Gasteiger partial charge < -0.3 is 20.5 Å². The van der Waals surface area contributed by atoms with Gasteiger partial charge in [0.1, 0.15) is 5.75 Å². The van der Waals surface area contributed by atoms with Crippen LogP contribution in [0.3, 0.4) is 0 Å². The highest BCUT2D eigenvalue weighted by Gasteiger charge is 2.31. The van der Waals surface area contributed by atoms with Crippen LogP contribution in [0.15, 0.2) is 24.3 Å². The number of hydrogen-bond donors (Lipinski definition) is 3. The summed E-state index contributed by atoms with van der Waals surface area (Å²) < 4.78 is 40.0. The molecule has 2 rings (SSSR count). The first-order valence-corrected chi connectivity index (χ1v) is 8.33. The van der Waals surface area contributed by atoms with Crippen molar-refractivity contribution >= 4 is 11.8 Å². The Kier molecular flexibility index (Phi) is 6.84. The predicted octanol–water partition coefficient (Wildman–Crippen LogP) is 2.04. The van der Waals surface area contributed by atoms with Crippen molar-refractivity contribution in [2.24, 2.45) is 5.92 Å². The van der Waals surface area contributed by atoms with E-state index in [1.165, 1.54) is 12.1 Å². The minimum Gasteiger partial charge on any atom is -0.406 e. The Morgan fingerprint density at radius 3 is 2.35 bits per heavy atom. The Morgan fingerprint density at radius 1 is 1.15 bits per heavy atom. The average molecular weight is 374 g/mol. The van der Waals surface area contributed by atoms with Crippen LogP contribution in [0.5, 0.6) is 5.75 Å². The second kappa shape index (κ2) is 8.88. The summed E-state index contributed by atoms with van der Waals surface area (Å²) in [5.41, 5.74) is 0.329. The molecular formula is C17H21F3N2O4. The molecule has 3 N–H and O–H groups in total. The third kappa shape index (κ3) is 6.55. The van der Waals surface area contributed by atoms with Gasteiger partial charge in [-0.25, -0.2) is 0 Å². The second-order valence-corrected chi connectivity index (χ2v) is 6.14. The van der Waals surface area contributed by atoms with E-state index < -0.39 is 24.1 Å².